The lowest BCUT2D eigenvalue weighted by Gasteiger charge is -2.09. The minimum Gasteiger partial charge on any atom is -0.437 e. The maximum absolute atomic E-state index is 6.06. The van der Waals surface area contributed by atoms with Crippen molar-refractivity contribution in [3.8, 4) is 11.6 Å². The van der Waals surface area contributed by atoms with Crippen molar-refractivity contribution in [2.24, 2.45) is 0 Å². The van der Waals surface area contributed by atoms with Gasteiger partial charge in [0.2, 0.25) is 5.88 Å². The Morgan fingerprint density at radius 3 is 2.24 bits per heavy atom. The Labute approximate surface area is 128 Å². The first-order valence-corrected chi connectivity index (χ1v) is 7.21. The average Bonchev–Trinajstić information content (AvgIpc) is 2.51. The van der Waals surface area contributed by atoms with Crippen LogP contribution in [0.4, 0.5) is 0 Å². The number of rotatable bonds is 3. The van der Waals surface area contributed by atoms with Gasteiger partial charge in [0.1, 0.15) is 5.75 Å². The zero-order valence-corrected chi connectivity index (χ0v) is 12.6. The van der Waals surface area contributed by atoms with E-state index in [1.54, 1.807) is 0 Å². The van der Waals surface area contributed by atoms with Crippen LogP contribution in [0.3, 0.4) is 0 Å². The van der Waals surface area contributed by atoms with Crippen LogP contribution in [-0.4, -0.2) is 10.2 Å². The third-order valence-corrected chi connectivity index (χ3v) is 3.65. The van der Waals surface area contributed by atoms with E-state index < -0.39 is 0 Å². The molecule has 0 N–H and O–H groups in total. The first-order chi connectivity index (χ1) is 10.1. The van der Waals surface area contributed by atoms with Gasteiger partial charge in [-0.3, -0.25) is 0 Å². The lowest BCUT2D eigenvalue weighted by atomic mass is 10.0. The SMILES string of the molecule is CC(C)c1ccc(Oc2nnc(Cl)c3ccccc23)cc1. The van der Waals surface area contributed by atoms with E-state index in [0.717, 1.165) is 16.5 Å². The first kappa shape index (κ1) is 13.8. The van der Waals surface area contributed by atoms with E-state index in [4.69, 9.17) is 16.3 Å². The average molecular weight is 299 g/mol. The van der Waals surface area contributed by atoms with Gasteiger partial charge in [-0.2, -0.15) is 0 Å². The topological polar surface area (TPSA) is 35.0 Å². The summed E-state index contributed by atoms with van der Waals surface area (Å²) in [6.07, 6.45) is 0. The van der Waals surface area contributed by atoms with Crippen molar-refractivity contribution in [2.75, 3.05) is 0 Å². The maximum atomic E-state index is 6.06. The standard InChI is InChI=1S/C17H15ClN2O/c1-11(2)12-7-9-13(10-8-12)21-17-15-6-4-3-5-14(15)16(18)19-20-17/h3-11H,1-2H3. The number of nitrogens with zero attached hydrogens (tertiary/aromatic N) is 2. The summed E-state index contributed by atoms with van der Waals surface area (Å²) in [5.74, 6) is 1.70. The zero-order valence-electron chi connectivity index (χ0n) is 11.9. The highest BCUT2D eigenvalue weighted by Gasteiger charge is 2.09. The summed E-state index contributed by atoms with van der Waals surface area (Å²) in [4.78, 5) is 0. The Kier molecular flexibility index (Phi) is 3.76. The Hall–Kier alpha value is -2.13. The normalized spacial score (nSPS) is 11.0. The smallest absolute Gasteiger partial charge is 0.246 e. The van der Waals surface area contributed by atoms with Crippen LogP contribution in [0.1, 0.15) is 25.3 Å². The molecule has 0 radical (unpaired) electrons. The van der Waals surface area contributed by atoms with Crippen LogP contribution >= 0.6 is 11.6 Å². The molecular formula is C17H15ClN2O. The van der Waals surface area contributed by atoms with Crippen molar-refractivity contribution >= 4 is 22.4 Å². The summed E-state index contributed by atoms with van der Waals surface area (Å²) in [6.45, 7) is 4.32. The van der Waals surface area contributed by atoms with Crippen molar-refractivity contribution in [1.29, 1.82) is 0 Å². The Morgan fingerprint density at radius 1 is 0.905 bits per heavy atom. The van der Waals surface area contributed by atoms with Gasteiger partial charge < -0.3 is 4.74 Å². The number of hydrogen-bond donors (Lipinski definition) is 0. The van der Waals surface area contributed by atoms with Crippen LogP contribution in [0, 0.1) is 0 Å². The third kappa shape index (κ3) is 2.83. The lowest BCUT2D eigenvalue weighted by Crippen LogP contribution is -1.94. The van der Waals surface area contributed by atoms with Gasteiger partial charge in [0.15, 0.2) is 5.15 Å². The molecule has 1 aromatic heterocycles. The predicted molar refractivity (Wildman–Crippen MR) is 85.2 cm³/mol. The number of benzene rings is 2. The van der Waals surface area contributed by atoms with Crippen molar-refractivity contribution in [2.45, 2.75) is 19.8 Å². The molecule has 0 fully saturated rings. The molecule has 0 atom stereocenters. The minimum atomic E-state index is 0.383. The van der Waals surface area contributed by atoms with Crippen LogP contribution in [0.15, 0.2) is 48.5 Å². The molecule has 0 bridgehead atoms. The second-order valence-electron chi connectivity index (χ2n) is 5.17. The quantitative estimate of drug-likeness (QED) is 0.666. The molecule has 0 aliphatic rings. The Morgan fingerprint density at radius 2 is 1.57 bits per heavy atom. The summed E-state index contributed by atoms with van der Waals surface area (Å²) in [6, 6.07) is 15.7. The van der Waals surface area contributed by atoms with Gasteiger partial charge in [-0.15, -0.1) is 10.2 Å². The molecule has 3 rings (SSSR count). The molecule has 0 aliphatic heterocycles. The number of fused-ring (bicyclic) bond motifs is 1. The number of aromatic nitrogens is 2. The monoisotopic (exact) mass is 298 g/mol. The minimum absolute atomic E-state index is 0.383. The maximum Gasteiger partial charge on any atom is 0.246 e. The van der Waals surface area contributed by atoms with E-state index in [9.17, 15) is 0 Å². The second-order valence-corrected chi connectivity index (χ2v) is 5.53. The zero-order chi connectivity index (χ0) is 14.8. The summed E-state index contributed by atoms with van der Waals surface area (Å²) in [7, 11) is 0. The fourth-order valence-corrected chi connectivity index (χ4v) is 2.36. The molecule has 1 heterocycles. The number of halogens is 1. The molecule has 4 heteroatoms. The van der Waals surface area contributed by atoms with E-state index >= 15 is 0 Å². The first-order valence-electron chi connectivity index (χ1n) is 6.84. The molecule has 0 saturated carbocycles. The molecule has 3 nitrogen and oxygen atoms in total. The van der Waals surface area contributed by atoms with Gasteiger partial charge in [0.05, 0.1) is 0 Å². The van der Waals surface area contributed by atoms with Gasteiger partial charge in [-0.05, 0) is 29.7 Å². The molecule has 21 heavy (non-hydrogen) atoms. The third-order valence-electron chi connectivity index (χ3n) is 3.37. The molecular weight excluding hydrogens is 284 g/mol. The van der Waals surface area contributed by atoms with Crippen molar-refractivity contribution in [1.82, 2.24) is 10.2 Å². The molecule has 3 aromatic rings. The molecule has 106 valence electrons. The molecule has 0 amide bonds. The Balaban J connectivity index is 1.96. The van der Waals surface area contributed by atoms with E-state index in [2.05, 4.69) is 36.2 Å². The summed E-state index contributed by atoms with van der Waals surface area (Å²) < 4.78 is 5.85. The van der Waals surface area contributed by atoms with Gasteiger partial charge in [-0.25, -0.2) is 0 Å². The van der Waals surface area contributed by atoms with Crippen LogP contribution in [0.2, 0.25) is 5.15 Å². The molecule has 2 aromatic carbocycles. The van der Waals surface area contributed by atoms with Gasteiger partial charge in [0.25, 0.3) is 0 Å². The van der Waals surface area contributed by atoms with E-state index in [-0.39, 0.29) is 0 Å². The van der Waals surface area contributed by atoms with Crippen molar-refractivity contribution < 1.29 is 4.74 Å². The van der Waals surface area contributed by atoms with Crippen LogP contribution in [0.5, 0.6) is 11.6 Å². The van der Waals surface area contributed by atoms with Crippen LogP contribution in [-0.2, 0) is 0 Å². The number of ether oxygens (including phenoxy) is 1. The fraction of sp³-hybridized carbons (Fsp3) is 0.176. The van der Waals surface area contributed by atoms with Crippen molar-refractivity contribution in [3.63, 3.8) is 0 Å². The van der Waals surface area contributed by atoms with E-state index in [1.165, 1.54) is 5.56 Å². The Bertz CT molecular complexity index is 769. The van der Waals surface area contributed by atoms with Crippen LogP contribution in [0.25, 0.3) is 10.8 Å². The highest BCUT2D eigenvalue weighted by molar-refractivity contribution is 6.34. The fourth-order valence-electron chi connectivity index (χ4n) is 2.15. The summed E-state index contributed by atoms with van der Waals surface area (Å²) >= 11 is 6.06. The highest BCUT2D eigenvalue weighted by Crippen LogP contribution is 2.30. The van der Waals surface area contributed by atoms with Gasteiger partial charge in [-0.1, -0.05) is 55.8 Å². The summed E-state index contributed by atoms with van der Waals surface area (Å²) in [5.41, 5.74) is 1.27. The van der Waals surface area contributed by atoms with Crippen molar-refractivity contribution in [3.05, 3.63) is 59.2 Å². The van der Waals surface area contributed by atoms with E-state index in [1.807, 2.05) is 36.4 Å². The highest BCUT2D eigenvalue weighted by atomic mass is 35.5. The molecule has 0 aliphatic carbocycles. The lowest BCUT2D eigenvalue weighted by molar-refractivity contribution is 0.461. The largest absolute Gasteiger partial charge is 0.437 e. The molecule has 0 spiro atoms. The summed E-state index contributed by atoms with van der Waals surface area (Å²) in [5, 5.41) is 10.1. The second kappa shape index (κ2) is 5.70. The predicted octanol–water partition coefficient (Wildman–Crippen LogP) is 5.20. The van der Waals surface area contributed by atoms with Gasteiger partial charge >= 0.3 is 0 Å². The van der Waals surface area contributed by atoms with Gasteiger partial charge in [0, 0.05) is 10.8 Å². The molecule has 0 saturated heterocycles. The van der Waals surface area contributed by atoms with Crippen LogP contribution < -0.4 is 4.74 Å². The molecule has 0 unspecified atom stereocenters. The van der Waals surface area contributed by atoms with E-state index in [0.29, 0.717) is 17.0 Å². The number of hydrogen-bond acceptors (Lipinski definition) is 3.